The van der Waals surface area contributed by atoms with Gasteiger partial charge in [-0.25, -0.2) is 8.78 Å². The van der Waals surface area contributed by atoms with Crippen molar-refractivity contribution in [1.29, 1.82) is 5.26 Å². The first-order chi connectivity index (χ1) is 8.99. The average Bonchev–Trinajstić information content (AvgIpc) is 2.32. The summed E-state index contributed by atoms with van der Waals surface area (Å²) in [6, 6.07) is 7.59. The highest BCUT2D eigenvalue weighted by molar-refractivity contribution is 6.34. The first-order valence-electron chi connectivity index (χ1n) is 5.02. The van der Waals surface area contributed by atoms with E-state index in [9.17, 15) is 8.78 Å². The maximum absolute atomic E-state index is 13.6. The molecule has 0 heterocycles. The number of rotatable bonds is 2. The third kappa shape index (κ3) is 3.14. The summed E-state index contributed by atoms with van der Waals surface area (Å²) in [5, 5.41) is 9.13. The van der Waals surface area contributed by atoms with Gasteiger partial charge in [0.15, 0.2) is 17.4 Å². The molecule has 0 spiro atoms. The van der Waals surface area contributed by atoms with E-state index >= 15 is 0 Å². The largest absolute Gasteiger partial charge is 0.451 e. The number of hydrogen-bond donors (Lipinski definition) is 0. The van der Waals surface area contributed by atoms with Gasteiger partial charge in [0.1, 0.15) is 5.75 Å². The van der Waals surface area contributed by atoms with Gasteiger partial charge in [0, 0.05) is 10.0 Å². The SMILES string of the molecule is N#Cc1cc(F)c(Oc2cc(Cl)cc(Cl)c2)c(F)c1. The third-order valence-electron chi connectivity index (χ3n) is 2.18. The minimum Gasteiger partial charge on any atom is -0.451 e. The van der Waals surface area contributed by atoms with E-state index < -0.39 is 17.4 Å². The van der Waals surface area contributed by atoms with Crippen LogP contribution in [0.3, 0.4) is 0 Å². The minimum atomic E-state index is -0.979. The molecule has 2 rings (SSSR count). The lowest BCUT2D eigenvalue weighted by Gasteiger charge is -2.09. The molecule has 2 aromatic rings. The molecule has 0 N–H and O–H groups in total. The molecule has 0 aliphatic heterocycles. The van der Waals surface area contributed by atoms with Gasteiger partial charge < -0.3 is 4.74 Å². The number of nitriles is 1. The van der Waals surface area contributed by atoms with E-state index in [0.717, 1.165) is 12.1 Å². The molecule has 0 bridgehead atoms. The van der Waals surface area contributed by atoms with Crippen molar-refractivity contribution in [2.75, 3.05) is 0 Å². The zero-order valence-corrected chi connectivity index (χ0v) is 10.8. The van der Waals surface area contributed by atoms with E-state index in [0.29, 0.717) is 0 Å². The molecule has 0 saturated carbocycles. The zero-order chi connectivity index (χ0) is 14.0. The van der Waals surface area contributed by atoms with Gasteiger partial charge in [0.25, 0.3) is 0 Å². The molecule has 19 heavy (non-hydrogen) atoms. The Labute approximate surface area is 117 Å². The molecule has 0 aromatic heterocycles. The molecule has 96 valence electrons. The monoisotopic (exact) mass is 299 g/mol. The highest BCUT2D eigenvalue weighted by Gasteiger charge is 2.14. The van der Waals surface area contributed by atoms with Crippen molar-refractivity contribution in [3.05, 3.63) is 57.6 Å². The number of benzene rings is 2. The molecule has 0 saturated heterocycles. The van der Waals surface area contributed by atoms with Gasteiger partial charge in [-0.05, 0) is 30.3 Å². The normalized spacial score (nSPS) is 10.1. The maximum atomic E-state index is 13.6. The molecule has 6 heteroatoms. The summed E-state index contributed by atoms with van der Waals surface area (Å²) >= 11 is 11.5. The Balaban J connectivity index is 2.41. The second-order valence-corrected chi connectivity index (χ2v) is 4.46. The molecular formula is C13H5Cl2F2NO. The fourth-order valence-corrected chi connectivity index (χ4v) is 1.93. The van der Waals surface area contributed by atoms with Gasteiger partial charge in [-0.1, -0.05) is 23.2 Å². The van der Waals surface area contributed by atoms with Crippen molar-refractivity contribution < 1.29 is 13.5 Å². The van der Waals surface area contributed by atoms with Crippen LogP contribution in [-0.2, 0) is 0 Å². The summed E-state index contributed by atoms with van der Waals surface area (Å²) in [6.07, 6.45) is 0. The highest BCUT2D eigenvalue weighted by atomic mass is 35.5. The molecule has 2 aromatic carbocycles. The van der Waals surface area contributed by atoms with E-state index in [-0.39, 0.29) is 21.4 Å². The van der Waals surface area contributed by atoms with Crippen molar-refractivity contribution in [3.8, 4) is 17.6 Å². The van der Waals surface area contributed by atoms with Gasteiger partial charge in [0.05, 0.1) is 11.6 Å². The van der Waals surface area contributed by atoms with Crippen molar-refractivity contribution in [2.45, 2.75) is 0 Å². The fraction of sp³-hybridized carbons (Fsp3) is 0. The number of halogens is 4. The van der Waals surface area contributed by atoms with E-state index in [1.165, 1.54) is 18.2 Å². The van der Waals surface area contributed by atoms with Crippen LogP contribution in [-0.4, -0.2) is 0 Å². The topological polar surface area (TPSA) is 33.0 Å². The van der Waals surface area contributed by atoms with E-state index in [2.05, 4.69) is 0 Å². The highest BCUT2D eigenvalue weighted by Crippen LogP contribution is 2.31. The Bertz CT molecular complexity index is 640. The van der Waals surface area contributed by atoms with Crippen molar-refractivity contribution in [2.24, 2.45) is 0 Å². The van der Waals surface area contributed by atoms with Gasteiger partial charge >= 0.3 is 0 Å². The molecular weight excluding hydrogens is 295 g/mol. The standard InChI is InChI=1S/C13H5Cl2F2NO/c14-8-3-9(15)5-10(4-8)19-13-11(16)1-7(6-18)2-12(13)17/h1-5H. The van der Waals surface area contributed by atoms with Crippen LogP contribution in [0.25, 0.3) is 0 Å². The van der Waals surface area contributed by atoms with Gasteiger partial charge in [0.2, 0.25) is 0 Å². The van der Waals surface area contributed by atoms with Crippen molar-refractivity contribution in [1.82, 2.24) is 0 Å². The van der Waals surface area contributed by atoms with Gasteiger partial charge in [-0.2, -0.15) is 5.26 Å². The fourth-order valence-electron chi connectivity index (χ4n) is 1.43. The molecule has 0 fully saturated rings. The molecule has 0 atom stereocenters. The molecule has 0 aliphatic rings. The predicted molar refractivity (Wildman–Crippen MR) is 67.6 cm³/mol. The van der Waals surface area contributed by atoms with Crippen LogP contribution in [0, 0.1) is 23.0 Å². The summed E-state index contributed by atoms with van der Waals surface area (Å²) in [4.78, 5) is 0. The molecule has 0 amide bonds. The average molecular weight is 300 g/mol. The van der Waals surface area contributed by atoms with E-state index in [4.69, 9.17) is 33.2 Å². The van der Waals surface area contributed by atoms with Crippen LogP contribution in [0.15, 0.2) is 30.3 Å². The Morgan fingerprint density at radius 1 is 0.947 bits per heavy atom. The Morgan fingerprint density at radius 3 is 1.95 bits per heavy atom. The van der Waals surface area contributed by atoms with Crippen LogP contribution in [0.1, 0.15) is 5.56 Å². The lowest BCUT2D eigenvalue weighted by atomic mass is 10.2. The minimum absolute atomic E-state index is 0.0972. The summed E-state index contributed by atoms with van der Waals surface area (Å²) in [5.74, 6) is -2.47. The first kappa shape index (κ1) is 13.6. The van der Waals surface area contributed by atoms with Crippen LogP contribution in [0.4, 0.5) is 8.78 Å². The molecule has 2 nitrogen and oxygen atoms in total. The first-order valence-corrected chi connectivity index (χ1v) is 5.78. The van der Waals surface area contributed by atoms with Gasteiger partial charge in [-0.15, -0.1) is 0 Å². The number of hydrogen-bond acceptors (Lipinski definition) is 2. The van der Waals surface area contributed by atoms with Crippen LogP contribution in [0.2, 0.25) is 10.0 Å². The van der Waals surface area contributed by atoms with Crippen molar-refractivity contribution in [3.63, 3.8) is 0 Å². The quantitative estimate of drug-likeness (QED) is 0.787. The summed E-state index contributed by atoms with van der Waals surface area (Å²) in [5.41, 5.74) is -0.133. The Kier molecular flexibility index (Phi) is 3.89. The Hall–Kier alpha value is -1.83. The molecule has 0 radical (unpaired) electrons. The van der Waals surface area contributed by atoms with Crippen LogP contribution < -0.4 is 4.74 Å². The van der Waals surface area contributed by atoms with Crippen LogP contribution >= 0.6 is 23.2 Å². The van der Waals surface area contributed by atoms with Gasteiger partial charge in [-0.3, -0.25) is 0 Å². The number of ether oxygens (including phenoxy) is 1. The second kappa shape index (κ2) is 5.43. The summed E-state index contributed by atoms with van der Waals surface area (Å²) < 4.78 is 32.3. The predicted octanol–water partition coefficient (Wildman–Crippen LogP) is 4.94. The maximum Gasteiger partial charge on any atom is 0.198 e. The Morgan fingerprint density at radius 2 is 1.47 bits per heavy atom. The summed E-state index contributed by atoms with van der Waals surface area (Å²) in [6.45, 7) is 0. The lowest BCUT2D eigenvalue weighted by molar-refractivity contribution is 0.407. The second-order valence-electron chi connectivity index (χ2n) is 3.59. The van der Waals surface area contributed by atoms with E-state index in [1.54, 1.807) is 6.07 Å². The summed E-state index contributed by atoms with van der Waals surface area (Å²) in [7, 11) is 0. The zero-order valence-electron chi connectivity index (χ0n) is 9.25. The molecule has 0 aliphatic carbocycles. The van der Waals surface area contributed by atoms with Crippen LogP contribution in [0.5, 0.6) is 11.5 Å². The molecule has 0 unspecified atom stereocenters. The lowest BCUT2D eigenvalue weighted by Crippen LogP contribution is -1.94. The van der Waals surface area contributed by atoms with E-state index in [1.807, 2.05) is 0 Å². The third-order valence-corrected chi connectivity index (χ3v) is 2.62. The number of nitrogens with zero attached hydrogens (tertiary/aromatic N) is 1. The van der Waals surface area contributed by atoms with Crippen molar-refractivity contribution >= 4 is 23.2 Å². The smallest absolute Gasteiger partial charge is 0.198 e.